The normalized spacial score (nSPS) is 18.3. The minimum atomic E-state index is -1.05. The lowest BCUT2D eigenvalue weighted by molar-refractivity contribution is 0.0985. The third-order valence-corrected chi connectivity index (χ3v) is 5.22. The fraction of sp³-hybridized carbons (Fsp3) is 0.429. The van der Waals surface area contributed by atoms with Crippen LogP contribution in [0, 0.1) is 11.3 Å². The molecule has 2 aromatic rings. The highest BCUT2D eigenvalue weighted by molar-refractivity contribution is 7.81. The van der Waals surface area contributed by atoms with Gasteiger partial charge in [0.25, 0.3) is 0 Å². The molecule has 1 aliphatic rings. The fourth-order valence-corrected chi connectivity index (χ4v) is 3.14. The van der Waals surface area contributed by atoms with E-state index in [-0.39, 0.29) is 12.1 Å². The van der Waals surface area contributed by atoms with E-state index in [1.807, 2.05) is 18.2 Å². The summed E-state index contributed by atoms with van der Waals surface area (Å²) in [7, 11) is 3.36. The quantitative estimate of drug-likeness (QED) is 0.730. The van der Waals surface area contributed by atoms with Crippen molar-refractivity contribution in [1.82, 2.24) is 14.9 Å². The molecule has 1 unspecified atom stereocenters. The Morgan fingerprint density at radius 1 is 1.37 bits per heavy atom. The summed E-state index contributed by atoms with van der Waals surface area (Å²) in [5.74, 6) is 1.24. The first kappa shape index (κ1) is 21.9. The molecule has 0 aliphatic carbocycles. The van der Waals surface area contributed by atoms with Crippen LogP contribution in [-0.2, 0) is 9.48 Å². The Morgan fingerprint density at radius 3 is 2.67 bits per heavy atom. The molecule has 2 atom stereocenters. The lowest BCUT2D eigenvalue weighted by Gasteiger charge is -2.34. The number of ether oxygens (including phenoxy) is 1. The molecular weight excluding hydrogens is 400 g/mol. The van der Waals surface area contributed by atoms with E-state index >= 15 is 0 Å². The number of rotatable bonds is 4. The van der Waals surface area contributed by atoms with Gasteiger partial charge in [0.2, 0.25) is 0 Å². The van der Waals surface area contributed by atoms with Crippen LogP contribution in [0.25, 0.3) is 11.4 Å². The number of nitriles is 1. The minimum absolute atomic E-state index is 0.159. The Bertz CT molecular complexity index is 955. The molecule has 1 saturated heterocycles. The minimum Gasteiger partial charge on any atom is -0.377 e. The zero-order valence-corrected chi connectivity index (χ0v) is 18.5. The van der Waals surface area contributed by atoms with Gasteiger partial charge in [-0.3, -0.25) is 0 Å². The number of thiol groups is 1. The Morgan fingerprint density at radius 2 is 2.07 bits per heavy atom. The average molecular weight is 427 g/mol. The number of nitrogens with zero attached hydrogens (tertiary/aromatic N) is 5. The van der Waals surface area contributed by atoms with E-state index in [0.29, 0.717) is 37.0 Å². The molecule has 9 heteroatoms. The number of carbonyl (C=O) groups is 1. The number of morpholine rings is 1. The monoisotopic (exact) mass is 426 g/mol. The Balaban J connectivity index is 1.99. The third-order valence-electron chi connectivity index (χ3n) is 4.89. The fourth-order valence-electron chi connectivity index (χ4n) is 3.02. The van der Waals surface area contributed by atoms with Crippen molar-refractivity contribution in [2.75, 3.05) is 44.1 Å². The second kappa shape index (κ2) is 8.90. The molecule has 0 spiro atoms. The predicted octanol–water partition coefficient (Wildman–Crippen LogP) is 3.13. The number of anilines is 2. The van der Waals surface area contributed by atoms with Gasteiger partial charge in [-0.15, -0.1) is 0 Å². The van der Waals surface area contributed by atoms with Crippen LogP contribution in [0.1, 0.15) is 19.5 Å². The molecule has 1 aliphatic heterocycles. The molecule has 1 N–H and O–H groups in total. The number of urea groups is 1. The summed E-state index contributed by atoms with van der Waals surface area (Å²) in [6, 6.07) is 11.3. The van der Waals surface area contributed by atoms with Gasteiger partial charge in [0.05, 0.1) is 31.0 Å². The van der Waals surface area contributed by atoms with Gasteiger partial charge in [-0.25, -0.2) is 14.8 Å². The molecule has 0 saturated carbocycles. The van der Waals surface area contributed by atoms with E-state index in [4.69, 9.17) is 9.72 Å². The Labute approximate surface area is 182 Å². The second-order valence-electron chi connectivity index (χ2n) is 7.64. The molecule has 1 fully saturated rings. The summed E-state index contributed by atoms with van der Waals surface area (Å²) in [4.78, 5) is 24.8. The highest BCUT2D eigenvalue weighted by atomic mass is 32.1. The molecule has 0 radical (unpaired) electrons. The molecular formula is C21H26N6O2S. The highest BCUT2D eigenvalue weighted by Crippen LogP contribution is 2.31. The first-order valence-corrected chi connectivity index (χ1v) is 10.1. The van der Waals surface area contributed by atoms with E-state index in [1.54, 1.807) is 33.2 Å². The number of hydrogen-bond acceptors (Lipinski definition) is 7. The van der Waals surface area contributed by atoms with Gasteiger partial charge in [0, 0.05) is 38.0 Å². The van der Waals surface area contributed by atoms with E-state index in [1.165, 1.54) is 4.90 Å². The molecule has 2 amide bonds. The smallest absolute Gasteiger partial charge is 0.321 e. The molecule has 1 aromatic carbocycles. The van der Waals surface area contributed by atoms with Crippen molar-refractivity contribution in [3.63, 3.8) is 0 Å². The average Bonchev–Trinajstić information content (AvgIpc) is 2.74. The number of amides is 2. The molecule has 1 aromatic heterocycles. The van der Waals surface area contributed by atoms with Gasteiger partial charge in [-0.05, 0) is 38.1 Å². The van der Waals surface area contributed by atoms with Crippen LogP contribution in [0.5, 0.6) is 0 Å². The molecule has 2 heterocycles. The van der Waals surface area contributed by atoms with E-state index in [0.717, 1.165) is 11.4 Å². The standard InChI is InChI=1S/C21H26N6O2S/c1-14-12-29-10-9-27(14)18-11-17(21(2,30)13-22)24-19(25-18)15-5-7-16(8-6-15)23-20(28)26(3)4/h5-8,11,14,30H,9-10,12H2,1-4H3,(H,23,28)/t14-,21?/m0/s1. The summed E-state index contributed by atoms with van der Waals surface area (Å²) < 4.78 is 4.48. The summed E-state index contributed by atoms with van der Waals surface area (Å²) >= 11 is 4.50. The van der Waals surface area contributed by atoms with Gasteiger partial charge in [-0.1, -0.05) is 0 Å². The highest BCUT2D eigenvalue weighted by Gasteiger charge is 2.28. The topological polar surface area (TPSA) is 94.4 Å². The van der Waals surface area contributed by atoms with Crippen molar-refractivity contribution in [3.8, 4) is 17.5 Å². The van der Waals surface area contributed by atoms with Gasteiger partial charge in [0.15, 0.2) is 5.82 Å². The summed E-state index contributed by atoms with van der Waals surface area (Å²) in [6.45, 7) is 5.74. The molecule has 158 valence electrons. The van der Waals surface area contributed by atoms with Crippen LogP contribution in [0.3, 0.4) is 0 Å². The number of aromatic nitrogens is 2. The van der Waals surface area contributed by atoms with Crippen LogP contribution in [0.2, 0.25) is 0 Å². The molecule has 3 rings (SSSR count). The van der Waals surface area contributed by atoms with Gasteiger partial charge in [-0.2, -0.15) is 17.9 Å². The maximum absolute atomic E-state index is 11.8. The van der Waals surface area contributed by atoms with Crippen LogP contribution in [-0.4, -0.2) is 60.8 Å². The van der Waals surface area contributed by atoms with E-state index in [9.17, 15) is 10.1 Å². The van der Waals surface area contributed by atoms with Crippen molar-refractivity contribution in [2.24, 2.45) is 0 Å². The van der Waals surface area contributed by atoms with Crippen molar-refractivity contribution in [3.05, 3.63) is 36.0 Å². The number of carbonyl (C=O) groups excluding carboxylic acids is 1. The van der Waals surface area contributed by atoms with E-state index < -0.39 is 4.75 Å². The SMILES string of the molecule is C[C@H]1COCCN1c1cc(C(C)(S)C#N)nc(-c2ccc(NC(=O)N(C)C)cc2)n1. The summed E-state index contributed by atoms with van der Waals surface area (Å²) in [5, 5.41) is 12.4. The zero-order chi connectivity index (χ0) is 21.9. The largest absolute Gasteiger partial charge is 0.377 e. The van der Waals surface area contributed by atoms with Crippen molar-refractivity contribution < 1.29 is 9.53 Å². The van der Waals surface area contributed by atoms with Crippen molar-refractivity contribution in [1.29, 1.82) is 5.26 Å². The maximum Gasteiger partial charge on any atom is 0.321 e. The first-order valence-electron chi connectivity index (χ1n) is 9.67. The van der Waals surface area contributed by atoms with Crippen molar-refractivity contribution in [2.45, 2.75) is 24.6 Å². The van der Waals surface area contributed by atoms with Crippen LogP contribution in [0.4, 0.5) is 16.3 Å². The second-order valence-corrected chi connectivity index (χ2v) is 8.53. The Kier molecular flexibility index (Phi) is 6.48. The third kappa shape index (κ3) is 4.83. The summed E-state index contributed by atoms with van der Waals surface area (Å²) in [6.07, 6.45) is 0. The first-order chi connectivity index (χ1) is 14.2. The molecule has 0 bridgehead atoms. The molecule has 30 heavy (non-hydrogen) atoms. The number of nitrogens with one attached hydrogen (secondary N) is 1. The van der Waals surface area contributed by atoms with Crippen molar-refractivity contribution >= 4 is 30.2 Å². The number of benzene rings is 1. The number of hydrogen-bond donors (Lipinski definition) is 2. The summed E-state index contributed by atoms with van der Waals surface area (Å²) in [5.41, 5.74) is 1.99. The zero-order valence-electron chi connectivity index (χ0n) is 17.6. The van der Waals surface area contributed by atoms with Crippen LogP contribution in [0.15, 0.2) is 30.3 Å². The van der Waals surface area contributed by atoms with Gasteiger partial charge < -0.3 is 19.9 Å². The van der Waals surface area contributed by atoms with Gasteiger partial charge in [0.1, 0.15) is 10.6 Å². The lowest BCUT2D eigenvalue weighted by Crippen LogP contribution is -2.44. The maximum atomic E-state index is 11.8. The molecule has 8 nitrogen and oxygen atoms in total. The van der Waals surface area contributed by atoms with Crippen LogP contribution < -0.4 is 10.2 Å². The predicted molar refractivity (Wildman–Crippen MR) is 120 cm³/mol. The lowest BCUT2D eigenvalue weighted by atomic mass is 10.1. The van der Waals surface area contributed by atoms with E-state index in [2.05, 4.69) is 40.8 Å². The Hall–Kier alpha value is -2.83. The van der Waals surface area contributed by atoms with Gasteiger partial charge >= 0.3 is 6.03 Å². The van der Waals surface area contributed by atoms with Crippen LogP contribution >= 0.6 is 12.6 Å².